The van der Waals surface area contributed by atoms with Gasteiger partial charge in [0.15, 0.2) is 0 Å². The standard InChI is InChI=1S/C10H10F2O2/c11-10(12)14-8-3-1-2-7(4-8)5-9-6-13-9/h1-4,9-10H,5-6H2. The molecule has 2 nitrogen and oxygen atoms in total. The molecule has 14 heavy (non-hydrogen) atoms. The van der Waals surface area contributed by atoms with E-state index >= 15 is 0 Å². The molecular formula is C10H10F2O2. The average Bonchev–Trinajstić information content (AvgIpc) is 2.87. The predicted octanol–water partition coefficient (Wildman–Crippen LogP) is 2.23. The summed E-state index contributed by atoms with van der Waals surface area (Å²) in [4.78, 5) is 0. The fraction of sp³-hybridized carbons (Fsp3) is 0.400. The van der Waals surface area contributed by atoms with Crippen LogP contribution >= 0.6 is 0 Å². The van der Waals surface area contributed by atoms with E-state index in [4.69, 9.17) is 4.74 Å². The van der Waals surface area contributed by atoms with Gasteiger partial charge in [0.25, 0.3) is 0 Å². The van der Waals surface area contributed by atoms with Crippen LogP contribution in [-0.4, -0.2) is 19.3 Å². The van der Waals surface area contributed by atoms with Gasteiger partial charge in [0.1, 0.15) is 5.75 Å². The number of epoxide rings is 1. The Morgan fingerprint density at radius 1 is 1.50 bits per heavy atom. The van der Waals surface area contributed by atoms with Crippen molar-refractivity contribution in [2.24, 2.45) is 0 Å². The number of rotatable bonds is 4. The molecule has 0 amide bonds. The zero-order chi connectivity index (χ0) is 9.97. The predicted molar refractivity (Wildman–Crippen MR) is 46.5 cm³/mol. The summed E-state index contributed by atoms with van der Waals surface area (Å²) in [7, 11) is 0. The van der Waals surface area contributed by atoms with E-state index in [1.807, 2.05) is 6.07 Å². The molecule has 0 N–H and O–H groups in total. The van der Waals surface area contributed by atoms with Crippen LogP contribution in [-0.2, 0) is 11.2 Å². The zero-order valence-electron chi connectivity index (χ0n) is 7.45. The lowest BCUT2D eigenvalue weighted by atomic mass is 10.1. The molecule has 76 valence electrons. The van der Waals surface area contributed by atoms with Crippen LogP contribution in [0.15, 0.2) is 24.3 Å². The third-order valence-electron chi connectivity index (χ3n) is 1.99. The van der Waals surface area contributed by atoms with E-state index in [0.29, 0.717) is 0 Å². The minimum Gasteiger partial charge on any atom is -0.435 e. The first-order chi connectivity index (χ1) is 6.74. The Kier molecular flexibility index (Phi) is 2.63. The molecule has 1 unspecified atom stereocenters. The minimum atomic E-state index is -2.76. The van der Waals surface area contributed by atoms with E-state index in [1.54, 1.807) is 12.1 Å². The van der Waals surface area contributed by atoms with Crippen molar-refractivity contribution in [1.29, 1.82) is 0 Å². The van der Waals surface area contributed by atoms with Crippen LogP contribution < -0.4 is 4.74 Å². The first kappa shape index (κ1) is 9.40. The molecule has 0 spiro atoms. The molecule has 2 rings (SSSR count). The molecule has 0 aromatic heterocycles. The van der Waals surface area contributed by atoms with Gasteiger partial charge < -0.3 is 9.47 Å². The fourth-order valence-electron chi connectivity index (χ4n) is 1.30. The Labute approximate surface area is 80.4 Å². The molecule has 4 heteroatoms. The van der Waals surface area contributed by atoms with Crippen molar-refractivity contribution in [1.82, 2.24) is 0 Å². The summed E-state index contributed by atoms with van der Waals surface area (Å²) in [5.41, 5.74) is 0.964. The van der Waals surface area contributed by atoms with E-state index in [1.165, 1.54) is 6.07 Å². The van der Waals surface area contributed by atoms with Crippen LogP contribution in [0.4, 0.5) is 8.78 Å². The number of alkyl halides is 2. The Morgan fingerprint density at radius 3 is 2.93 bits per heavy atom. The molecule has 0 radical (unpaired) electrons. The third kappa shape index (κ3) is 2.67. The molecule has 0 saturated carbocycles. The third-order valence-corrected chi connectivity index (χ3v) is 1.99. The SMILES string of the molecule is FC(F)Oc1cccc(CC2CO2)c1. The lowest BCUT2D eigenvalue weighted by molar-refractivity contribution is -0.0498. The average molecular weight is 200 g/mol. The summed E-state index contributed by atoms with van der Waals surface area (Å²) in [6.45, 7) is -2.00. The molecule has 1 heterocycles. The van der Waals surface area contributed by atoms with Crippen LogP contribution in [0.25, 0.3) is 0 Å². The highest BCUT2D eigenvalue weighted by Crippen LogP contribution is 2.20. The molecule has 1 saturated heterocycles. The second-order valence-electron chi connectivity index (χ2n) is 3.19. The Hall–Kier alpha value is -1.16. The summed E-state index contributed by atoms with van der Waals surface area (Å²) in [6, 6.07) is 6.71. The van der Waals surface area contributed by atoms with Crippen molar-refractivity contribution >= 4 is 0 Å². The van der Waals surface area contributed by atoms with Crippen LogP contribution in [0.1, 0.15) is 5.56 Å². The highest BCUT2D eigenvalue weighted by Gasteiger charge is 2.22. The summed E-state index contributed by atoms with van der Waals surface area (Å²) in [5.74, 6) is 0.207. The molecular weight excluding hydrogens is 190 g/mol. The number of halogens is 2. The molecule has 1 fully saturated rings. The molecule has 1 aromatic rings. The van der Waals surface area contributed by atoms with Gasteiger partial charge in [-0.2, -0.15) is 8.78 Å². The van der Waals surface area contributed by atoms with E-state index in [-0.39, 0.29) is 11.9 Å². The van der Waals surface area contributed by atoms with Crippen molar-refractivity contribution in [2.75, 3.05) is 6.61 Å². The van der Waals surface area contributed by atoms with Crippen LogP contribution in [0, 0.1) is 0 Å². The zero-order valence-corrected chi connectivity index (χ0v) is 7.45. The number of benzene rings is 1. The lowest BCUT2D eigenvalue weighted by Crippen LogP contribution is -2.02. The van der Waals surface area contributed by atoms with Crippen LogP contribution in [0.3, 0.4) is 0 Å². The smallest absolute Gasteiger partial charge is 0.387 e. The number of ether oxygens (including phenoxy) is 2. The Bertz CT molecular complexity index is 291. The molecule has 1 aromatic carbocycles. The van der Waals surface area contributed by atoms with Crippen molar-refractivity contribution in [3.05, 3.63) is 29.8 Å². The largest absolute Gasteiger partial charge is 0.435 e. The summed E-state index contributed by atoms with van der Waals surface area (Å²) < 4.78 is 33.1. The van der Waals surface area contributed by atoms with Crippen molar-refractivity contribution in [3.8, 4) is 5.75 Å². The number of hydrogen-bond acceptors (Lipinski definition) is 2. The molecule has 0 aliphatic carbocycles. The van der Waals surface area contributed by atoms with Gasteiger partial charge in [-0.25, -0.2) is 0 Å². The minimum absolute atomic E-state index is 0.207. The second-order valence-corrected chi connectivity index (χ2v) is 3.19. The van der Waals surface area contributed by atoms with Crippen molar-refractivity contribution < 1.29 is 18.3 Å². The van der Waals surface area contributed by atoms with Crippen molar-refractivity contribution in [3.63, 3.8) is 0 Å². The molecule has 1 aliphatic rings. The van der Waals surface area contributed by atoms with Crippen molar-refractivity contribution in [2.45, 2.75) is 19.1 Å². The quantitative estimate of drug-likeness (QED) is 0.695. The Morgan fingerprint density at radius 2 is 2.29 bits per heavy atom. The Balaban J connectivity index is 2.01. The van der Waals surface area contributed by atoms with Gasteiger partial charge >= 0.3 is 6.61 Å². The number of hydrogen-bond donors (Lipinski definition) is 0. The highest BCUT2D eigenvalue weighted by molar-refractivity contribution is 5.29. The maximum atomic E-state index is 11.9. The van der Waals surface area contributed by atoms with E-state index < -0.39 is 6.61 Å². The van der Waals surface area contributed by atoms with E-state index in [9.17, 15) is 8.78 Å². The second kappa shape index (κ2) is 3.92. The van der Waals surface area contributed by atoms with Gasteiger partial charge in [0.2, 0.25) is 0 Å². The summed E-state index contributed by atoms with van der Waals surface area (Å²) in [5, 5.41) is 0. The topological polar surface area (TPSA) is 21.8 Å². The van der Waals surface area contributed by atoms with Gasteiger partial charge in [-0.05, 0) is 17.7 Å². The van der Waals surface area contributed by atoms with Gasteiger partial charge in [-0.1, -0.05) is 12.1 Å². The highest BCUT2D eigenvalue weighted by atomic mass is 19.3. The fourth-order valence-corrected chi connectivity index (χ4v) is 1.30. The van der Waals surface area contributed by atoms with Crippen LogP contribution in [0.5, 0.6) is 5.75 Å². The molecule has 1 atom stereocenters. The maximum Gasteiger partial charge on any atom is 0.387 e. The molecule has 0 bridgehead atoms. The summed E-state index contributed by atoms with van der Waals surface area (Å²) in [6.07, 6.45) is 1.03. The van der Waals surface area contributed by atoms with Gasteiger partial charge in [0.05, 0.1) is 12.7 Å². The van der Waals surface area contributed by atoms with Gasteiger partial charge in [0, 0.05) is 6.42 Å². The first-order valence-corrected chi connectivity index (χ1v) is 4.39. The lowest BCUT2D eigenvalue weighted by Gasteiger charge is -2.05. The van der Waals surface area contributed by atoms with Crippen LogP contribution in [0.2, 0.25) is 0 Å². The maximum absolute atomic E-state index is 11.9. The normalized spacial score (nSPS) is 19.8. The van der Waals surface area contributed by atoms with Gasteiger partial charge in [-0.15, -0.1) is 0 Å². The van der Waals surface area contributed by atoms with E-state index in [2.05, 4.69) is 4.74 Å². The summed E-state index contributed by atoms with van der Waals surface area (Å²) >= 11 is 0. The monoisotopic (exact) mass is 200 g/mol. The first-order valence-electron chi connectivity index (χ1n) is 4.39. The van der Waals surface area contributed by atoms with E-state index in [0.717, 1.165) is 18.6 Å². The molecule has 1 aliphatic heterocycles. The van der Waals surface area contributed by atoms with Gasteiger partial charge in [-0.3, -0.25) is 0 Å².